The highest BCUT2D eigenvalue weighted by Crippen LogP contribution is 2.15. The third kappa shape index (κ3) is 1.56. The lowest BCUT2D eigenvalue weighted by atomic mass is 10.1. The minimum absolute atomic E-state index is 0.140. The molecule has 0 saturated carbocycles. The SMILES string of the molecule is Cc1cccc(F)c1/C(Cl)=N/O. The molecular formula is C8H7ClFNO. The van der Waals surface area contributed by atoms with Crippen LogP contribution in [0, 0.1) is 12.7 Å². The molecule has 1 aromatic rings. The Balaban J connectivity index is 3.31. The summed E-state index contributed by atoms with van der Waals surface area (Å²) in [6, 6.07) is 4.51. The van der Waals surface area contributed by atoms with Gasteiger partial charge in [-0.2, -0.15) is 0 Å². The molecule has 0 aromatic heterocycles. The van der Waals surface area contributed by atoms with Crippen LogP contribution in [-0.4, -0.2) is 10.4 Å². The summed E-state index contributed by atoms with van der Waals surface area (Å²) in [6.07, 6.45) is 0. The van der Waals surface area contributed by atoms with Gasteiger partial charge in [0.15, 0.2) is 5.17 Å². The average Bonchev–Trinajstić information content (AvgIpc) is 2.03. The summed E-state index contributed by atoms with van der Waals surface area (Å²) in [7, 11) is 0. The Labute approximate surface area is 74.3 Å². The Morgan fingerprint density at radius 2 is 2.25 bits per heavy atom. The maximum atomic E-state index is 13.0. The summed E-state index contributed by atoms with van der Waals surface area (Å²) in [5.74, 6) is -0.488. The predicted molar refractivity (Wildman–Crippen MR) is 45.3 cm³/mol. The highest BCUT2D eigenvalue weighted by molar-refractivity contribution is 6.69. The van der Waals surface area contributed by atoms with Crippen LogP contribution in [0.15, 0.2) is 23.4 Å². The number of halogens is 2. The second kappa shape index (κ2) is 3.54. The minimum Gasteiger partial charge on any atom is -0.410 e. The molecule has 2 nitrogen and oxygen atoms in total. The Morgan fingerprint density at radius 1 is 1.58 bits per heavy atom. The number of oxime groups is 1. The average molecular weight is 188 g/mol. The fraction of sp³-hybridized carbons (Fsp3) is 0.125. The van der Waals surface area contributed by atoms with E-state index >= 15 is 0 Å². The van der Waals surface area contributed by atoms with E-state index in [-0.39, 0.29) is 10.7 Å². The third-order valence-corrected chi connectivity index (χ3v) is 1.78. The zero-order valence-electron chi connectivity index (χ0n) is 6.38. The van der Waals surface area contributed by atoms with Crippen molar-refractivity contribution in [2.75, 3.05) is 0 Å². The van der Waals surface area contributed by atoms with E-state index in [9.17, 15) is 4.39 Å². The fourth-order valence-electron chi connectivity index (χ4n) is 0.943. The van der Waals surface area contributed by atoms with Gasteiger partial charge in [0.05, 0.1) is 5.56 Å². The van der Waals surface area contributed by atoms with Crippen LogP contribution in [0.3, 0.4) is 0 Å². The zero-order chi connectivity index (χ0) is 9.14. The van der Waals surface area contributed by atoms with Crippen molar-refractivity contribution in [1.82, 2.24) is 0 Å². The van der Waals surface area contributed by atoms with Gasteiger partial charge in [-0.05, 0) is 18.6 Å². The quantitative estimate of drug-likeness (QED) is 0.409. The molecule has 0 aliphatic heterocycles. The fourth-order valence-corrected chi connectivity index (χ4v) is 1.18. The van der Waals surface area contributed by atoms with E-state index < -0.39 is 5.82 Å². The van der Waals surface area contributed by atoms with Crippen molar-refractivity contribution in [2.24, 2.45) is 5.16 Å². The standard InChI is InChI=1S/C8H7ClFNO/c1-5-3-2-4-6(10)7(5)8(9)11-12/h2-4,12H,1H3/b11-8-. The van der Waals surface area contributed by atoms with Gasteiger partial charge in [0.25, 0.3) is 0 Å². The lowest BCUT2D eigenvalue weighted by molar-refractivity contribution is 0.320. The van der Waals surface area contributed by atoms with Crippen molar-refractivity contribution < 1.29 is 9.60 Å². The van der Waals surface area contributed by atoms with Crippen LogP contribution in [0.25, 0.3) is 0 Å². The van der Waals surface area contributed by atoms with Crippen LogP contribution in [-0.2, 0) is 0 Å². The summed E-state index contributed by atoms with van der Waals surface area (Å²) in [4.78, 5) is 0. The summed E-state index contributed by atoms with van der Waals surface area (Å²) in [5, 5.41) is 10.8. The minimum atomic E-state index is -0.488. The van der Waals surface area contributed by atoms with Crippen LogP contribution in [0.5, 0.6) is 0 Å². The summed E-state index contributed by atoms with van der Waals surface area (Å²) < 4.78 is 13.0. The maximum Gasteiger partial charge on any atom is 0.178 e. The Hall–Kier alpha value is -1.09. The van der Waals surface area contributed by atoms with E-state index in [2.05, 4.69) is 5.16 Å². The van der Waals surface area contributed by atoms with Crippen LogP contribution < -0.4 is 0 Å². The van der Waals surface area contributed by atoms with Gasteiger partial charge in [0.1, 0.15) is 5.82 Å². The molecule has 12 heavy (non-hydrogen) atoms. The monoisotopic (exact) mass is 187 g/mol. The summed E-state index contributed by atoms with van der Waals surface area (Å²) >= 11 is 5.46. The van der Waals surface area contributed by atoms with Gasteiger partial charge >= 0.3 is 0 Å². The number of nitrogens with zero attached hydrogens (tertiary/aromatic N) is 1. The Bertz CT molecular complexity index is 305. The van der Waals surface area contributed by atoms with Gasteiger partial charge in [0.2, 0.25) is 0 Å². The van der Waals surface area contributed by atoms with Crippen molar-refractivity contribution in [3.05, 3.63) is 35.1 Å². The van der Waals surface area contributed by atoms with Crippen molar-refractivity contribution in [3.8, 4) is 0 Å². The molecule has 0 atom stereocenters. The van der Waals surface area contributed by atoms with Gasteiger partial charge in [0, 0.05) is 0 Å². The van der Waals surface area contributed by atoms with Gasteiger partial charge in [-0.1, -0.05) is 28.9 Å². The van der Waals surface area contributed by atoms with E-state index in [1.165, 1.54) is 6.07 Å². The lowest BCUT2D eigenvalue weighted by Crippen LogP contribution is -1.99. The van der Waals surface area contributed by atoms with E-state index in [0.29, 0.717) is 5.56 Å². The molecule has 0 aliphatic carbocycles. The van der Waals surface area contributed by atoms with Crippen molar-refractivity contribution in [3.63, 3.8) is 0 Å². The molecule has 1 aromatic carbocycles. The van der Waals surface area contributed by atoms with E-state index in [4.69, 9.17) is 16.8 Å². The molecule has 0 spiro atoms. The van der Waals surface area contributed by atoms with Gasteiger partial charge in [-0.25, -0.2) is 4.39 Å². The molecule has 0 heterocycles. The lowest BCUT2D eigenvalue weighted by Gasteiger charge is -2.02. The number of benzene rings is 1. The van der Waals surface area contributed by atoms with Gasteiger partial charge < -0.3 is 5.21 Å². The van der Waals surface area contributed by atoms with E-state index in [1.807, 2.05) is 0 Å². The molecule has 0 amide bonds. The maximum absolute atomic E-state index is 13.0. The molecule has 64 valence electrons. The first-order valence-corrected chi connectivity index (χ1v) is 3.67. The third-order valence-electron chi connectivity index (χ3n) is 1.52. The number of hydrogen-bond donors (Lipinski definition) is 1. The molecule has 0 bridgehead atoms. The van der Waals surface area contributed by atoms with E-state index in [0.717, 1.165) is 0 Å². The van der Waals surface area contributed by atoms with Crippen molar-refractivity contribution in [2.45, 2.75) is 6.92 Å². The molecule has 0 saturated heterocycles. The smallest absolute Gasteiger partial charge is 0.178 e. The first-order chi connectivity index (χ1) is 5.66. The van der Waals surface area contributed by atoms with E-state index in [1.54, 1.807) is 19.1 Å². The van der Waals surface area contributed by atoms with Crippen molar-refractivity contribution >= 4 is 16.8 Å². The summed E-state index contributed by atoms with van der Waals surface area (Å²) in [5.41, 5.74) is 0.777. The molecule has 1 rings (SSSR count). The first-order valence-electron chi connectivity index (χ1n) is 3.30. The second-order valence-corrected chi connectivity index (χ2v) is 2.68. The normalized spacial score (nSPS) is 11.8. The Kier molecular flexibility index (Phi) is 2.65. The van der Waals surface area contributed by atoms with Crippen LogP contribution in [0.2, 0.25) is 0 Å². The predicted octanol–water partition coefficient (Wildman–Crippen LogP) is 2.51. The number of rotatable bonds is 1. The second-order valence-electron chi connectivity index (χ2n) is 2.32. The molecule has 0 fully saturated rings. The van der Waals surface area contributed by atoms with Gasteiger partial charge in [-0.3, -0.25) is 0 Å². The van der Waals surface area contributed by atoms with Crippen molar-refractivity contribution in [1.29, 1.82) is 0 Å². The van der Waals surface area contributed by atoms with Crippen LogP contribution in [0.1, 0.15) is 11.1 Å². The zero-order valence-corrected chi connectivity index (χ0v) is 7.14. The van der Waals surface area contributed by atoms with Gasteiger partial charge in [-0.15, -0.1) is 0 Å². The molecule has 0 unspecified atom stereocenters. The Morgan fingerprint density at radius 3 is 2.75 bits per heavy atom. The molecular weight excluding hydrogens is 181 g/mol. The molecule has 4 heteroatoms. The largest absolute Gasteiger partial charge is 0.410 e. The molecule has 0 radical (unpaired) electrons. The first kappa shape index (κ1) is 9.00. The highest BCUT2D eigenvalue weighted by Gasteiger charge is 2.09. The number of hydrogen-bond acceptors (Lipinski definition) is 2. The number of aryl methyl sites for hydroxylation is 1. The molecule has 0 aliphatic rings. The van der Waals surface area contributed by atoms with Crippen LogP contribution in [0.4, 0.5) is 4.39 Å². The molecule has 1 N–H and O–H groups in total. The summed E-state index contributed by atoms with van der Waals surface area (Å²) in [6.45, 7) is 1.69. The highest BCUT2D eigenvalue weighted by atomic mass is 35.5. The van der Waals surface area contributed by atoms with Crippen LogP contribution >= 0.6 is 11.6 Å². The topological polar surface area (TPSA) is 32.6 Å².